The molecule has 5 fully saturated rings. The molecule has 0 saturated heterocycles. The summed E-state index contributed by atoms with van der Waals surface area (Å²) < 4.78 is 108. The van der Waals surface area contributed by atoms with Gasteiger partial charge < -0.3 is 57.5 Å². The van der Waals surface area contributed by atoms with Gasteiger partial charge in [-0.3, -0.25) is 4.79 Å². The molecule has 4 N–H and O–H groups in total. The number of benzene rings is 3. The Bertz CT molecular complexity index is 3420. The third kappa shape index (κ3) is 40.6. The van der Waals surface area contributed by atoms with Crippen molar-refractivity contribution in [1.82, 2.24) is 0 Å². The van der Waals surface area contributed by atoms with Crippen LogP contribution in [0.2, 0.25) is 15.1 Å². The van der Waals surface area contributed by atoms with E-state index in [9.17, 15) is 52.0 Å². The van der Waals surface area contributed by atoms with Crippen molar-refractivity contribution in [1.29, 1.82) is 0 Å². The minimum atomic E-state index is -1.09. The molecule has 3 aromatic carbocycles. The normalized spacial score (nSPS) is 28.2. The predicted molar refractivity (Wildman–Crippen MR) is 490 cm³/mol. The summed E-state index contributed by atoms with van der Waals surface area (Å²) in [6.07, 6.45) is 46.0. The lowest BCUT2D eigenvalue weighted by Crippen LogP contribution is -2.23. The highest BCUT2D eigenvalue weighted by Gasteiger charge is 2.46. The van der Waals surface area contributed by atoms with Crippen molar-refractivity contribution in [3.63, 3.8) is 0 Å². The molecule has 0 bridgehead atoms. The fourth-order valence-electron chi connectivity index (χ4n) is 15.4. The van der Waals surface area contributed by atoms with E-state index in [2.05, 4.69) is 127 Å². The maximum Gasteiger partial charge on any atom is 0.192 e. The van der Waals surface area contributed by atoms with Gasteiger partial charge >= 0.3 is 0 Å². The Morgan fingerprint density at radius 2 is 0.761 bits per heavy atom. The van der Waals surface area contributed by atoms with Gasteiger partial charge in [0.05, 0.1) is 36.4 Å². The van der Waals surface area contributed by atoms with E-state index in [0.717, 1.165) is 96.2 Å². The van der Waals surface area contributed by atoms with Crippen molar-refractivity contribution < 1.29 is 90.0 Å². The monoisotopic (exact) mass is 1790 g/mol. The Labute approximate surface area is 727 Å². The Kier molecular flexibility index (Phi) is 57.0. The second-order valence-electron chi connectivity index (χ2n) is 30.9. The largest absolute Gasteiger partial charge is 0.491 e. The lowest BCUT2D eigenvalue weighted by atomic mass is 9.90. The molecule has 5 saturated carbocycles. The van der Waals surface area contributed by atoms with Crippen molar-refractivity contribution in [2.75, 3.05) is 26.4 Å². The van der Waals surface area contributed by atoms with Crippen LogP contribution in [0, 0.1) is 59.2 Å². The molecule has 13 unspecified atom stereocenters. The van der Waals surface area contributed by atoms with Crippen molar-refractivity contribution in [2.24, 2.45) is 59.2 Å². The van der Waals surface area contributed by atoms with E-state index in [1.807, 2.05) is 6.08 Å². The molecule has 5 aliphatic carbocycles. The van der Waals surface area contributed by atoms with Gasteiger partial charge in [0, 0.05) is 127 Å². The fourth-order valence-corrected chi connectivity index (χ4v) is 17.2. The summed E-state index contributed by atoms with van der Waals surface area (Å²) in [6.45, 7) is 10.7. The zero-order chi connectivity index (χ0) is 85.7. The molecule has 0 amide bonds. The molecule has 5 aliphatic rings. The van der Waals surface area contributed by atoms with Crippen LogP contribution in [0.15, 0.2) is 170 Å². The number of aldehydes is 1. The van der Waals surface area contributed by atoms with Crippen molar-refractivity contribution in [3.05, 3.63) is 185 Å². The summed E-state index contributed by atoms with van der Waals surface area (Å²) >= 11 is 17.7. The van der Waals surface area contributed by atoms with Crippen LogP contribution in [-0.2, 0) is 27.7 Å². The highest BCUT2D eigenvalue weighted by molar-refractivity contribution is 7.10. The third-order valence-corrected chi connectivity index (χ3v) is 24.3. The van der Waals surface area contributed by atoms with Crippen LogP contribution in [0.5, 0.6) is 17.2 Å². The summed E-state index contributed by atoms with van der Waals surface area (Å²) in [6, 6.07) is 20.8. The number of carbonyl (C=O) groups is 2. The molecule has 8 rings (SSSR count). The van der Waals surface area contributed by atoms with Crippen molar-refractivity contribution in [3.8, 4) is 17.2 Å². The van der Waals surface area contributed by atoms with Gasteiger partial charge in [-0.25, -0.2) is 22.0 Å². The number of aliphatic hydroxyl groups is 4. The molecule has 3 aromatic rings. The number of ketones is 1. The number of unbranched alkanes of at least 4 members (excludes halogenated alkanes) is 10. The molecule has 0 spiro atoms. The minimum absolute atomic E-state index is 0. The number of halogens is 8. The van der Waals surface area contributed by atoms with Gasteiger partial charge in [-0.05, 0) is 149 Å². The van der Waals surface area contributed by atoms with E-state index in [1.165, 1.54) is 38.2 Å². The molecule has 25 heteroatoms. The maximum absolute atomic E-state index is 14.6. The van der Waals surface area contributed by atoms with Crippen LogP contribution < -0.4 is 14.2 Å². The highest BCUT2D eigenvalue weighted by Crippen LogP contribution is 2.45. The van der Waals surface area contributed by atoms with E-state index >= 15 is 0 Å². The zero-order valence-corrected chi connectivity index (χ0v) is 76.1. The quantitative estimate of drug-likeness (QED) is 0.0105. The Hall–Kier alpha value is -3.76. The zero-order valence-electron chi connectivity index (χ0n) is 69.2. The van der Waals surface area contributed by atoms with Crippen LogP contribution in [-0.4, -0.2) is 133 Å². The molecular formula is C92H144Cl3F5O13P4. The molecule has 0 aromatic heterocycles. The van der Waals surface area contributed by atoms with Crippen molar-refractivity contribution >= 4 is 84.7 Å². The molecule has 26 atom stereocenters. The Balaban J connectivity index is 0.00000150. The first-order valence-electron chi connectivity index (χ1n) is 42.3. The number of carbonyl (C=O) groups excluding carboxylic acids is 2. The van der Waals surface area contributed by atoms with E-state index < -0.39 is 61.0 Å². The molecule has 117 heavy (non-hydrogen) atoms. The summed E-state index contributed by atoms with van der Waals surface area (Å²) in [5.74, 6) is -0.280. The summed E-state index contributed by atoms with van der Waals surface area (Å²) in [4.78, 5) is 23.0. The summed E-state index contributed by atoms with van der Waals surface area (Å²) in [7, 11) is 8.93. The van der Waals surface area contributed by atoms with Crippen LogP contribution in [0.1, 0.15) is 201 Å². The number of aliphatic hydroxyl groups excluding tert-OH is 4. The second kappa shape index (κ2) is 63.2. The first-order valence-corrected chi connectivity index (χ1v) is 45.3. The Morgan fingerprint density at radius 1 is 0.444 bits per heavy atom. The predicted octanol–water partition coefficient (Wildman–Crippen LogP) is 24.9. The topological polar surface area (TPSA) is 180 Å². The van der Waals surface area contributed by atoms with Gasteiger partial charge in [-0.15, -0.1) is 0 Å². The van der Waals surface area contributed by atoms with Gasteiger partial charge in [-0.1, -0.05) is 243 Å². The van der Waals surface area contributed by atoms with Gasteiger partial charge in [0.15, 0.2) is 12.4 Å². The van der Waals surface area contributed by atoms with E-state index in [4.69, 9.17) is 67.1 Å². The number of hydrogen-bond acceptors (Lipinski definition) is 13. The molecule has 0 aliphatic heterocycles. The standard InChI is InChI=1S/C22H31ClFO3P.C22H29ClFO3P.C22H30ClFO3.C13H24FO2P.C13H22FO2P.4H2/c2*1-2-3-4-5-6-10-20-19(21(24)14-22(20)27-28)12-11-17(25)15-26-18-9-7-8-16(23)13-18;1-2-3-4-5-6-10-20-19(21(24)14-22(20)26)12-11-17(25)15-27-18-9-7-8-16(23)13-18;2*1-2-3-4-5-6-7-10-11(9-15)12(14)8-13(10)16-17;;;;/h5-9,11-13,17,19-22,25H,2-4,10,14-15,28H2,1H3;5-9,11-13,19-22H,2-4,10,14-15,28H2,1H3;5-9,11-13,17,19-22,25-26H,2-4,10,14-15H2,1H3;5-6,10-13,15H,2-4,7-9,17H2,1H3;5-6,9-13H,2-4,7-8,17H2,1H3;4*1H/b3*6-5-,12-11+;2*6-5-;;;;/t17?,19-,20-,21?,22?;19-,20-,21?,22?;17-,19-,20-,21+,22+;2*10-,11-,12?,13?;;;;/m11111..../s1/i;;;;;4*1+2. The average Bonchev–Trinajstić information content (AvgIpc) is 1.74. The molecule has 0 radical (unpaired) electrons. The number of rotatable bonds is 46. The van der Waals surface area contributed by atoms with Gasteiger partial charge in [-0.2, -0.15) is 0 Å². The lowest BCUT2D eigenvalue weighted by molar-refractivity contribution is -0.116. The summed E-state index contributed by atoms with van der Waals surface area (Å²) in [5.41, 5.74) is 0. The molecule has 13 nitrogen and oxygen atoms in total. The van der Waals surface area contributed by atoms with Crippen LogP contribution >= 0.6 is 72.7 Å². The lowest BCUT2D eigenvalue weighted by Gasteiger charge is -2.21. The number of ether oxygens (including phenoxy) is 3. The van der Waals surface area contributed by atoms with Crippen molar-refractivity contribution in [2.45, 2.75) is 269 Å². The second-order valence-corrected chi connectivity index (χ2v) is 33.3. The fraction of sp³-hybridized carbons (Fsp3) is 0.609. The molecule has 0 heterocycles. The van der Waals surface area contributed by atoms with Crippen LogP contribution in [0.4, 0.5) is 22.0 Å². The highest BCUT2D eigenvalue weighted by atomic mass is 35.5. The number of allylic oxidation sites excluding steroid dienone is 13. The third-order valence-electron chi connectivity index (χ3n) is 22.2. The minimum Gasteiger partial charge on any atom is -0.491 e. The summed E-state index contributed by atoms with van der Waals surface area (Å²) in [5, 5.41) is 41.4. The SMILES string of the molecule is CCCC/C=C\C[C@@H]1[C@@H](/C=C/[C@@H](O)COc2cccc(Cl)c2)[C@@H](F)C[C@@H]1O.CCCC/C=C\C[C@H]1C(OP)CC(F)[C@@H]1/C=C/C(=O)COc1cccc(Cl)c1.CCCC/C=C\C[C@H]1C(OP)CC(F)[C@@H]1/C=C/C(O)COc1cccc(Cl)c1.CCCC/C=C\C[C@H]1C(OP)CC(F)[C@@H]1C=O.CCCC/C=C\C[C@H]1C(OP)CC(F)[C@@H]1CO.[3HH].[3HH].[3HH].[3HH]. The van der Waals surface area contributed by atoms with E-state index in [0.29, 0.717) is 64.4 Å². The number of alkyl halides is 5. The average molecular weight is 1790 g/mol. The smallest absolute Gasteiger partial charge is 0.192 e. The van der Waals surface area contributed by atoms with Crippen LogP contribution in [0.25, 0.3) is 0 Å². The molecular weight excluding hydrogens is 1640 g/mol. The van der Waals surface area contributed by atoms with Gasteiger partial charge in [0.2, 0.25) is 0 Å². The Morgan fingerprint density at radius 3 is 1.12 bits per heavy atom. The molecule has 666 valence electrons. The van der Waals surface area contributed by atoms with Crippen LogP contribution in [0.3, 0.4) is 0 Å². The first-order chi connectivity index (χ1) is 56.6. The van der Waals surface area contributed by atoms with E-state index in [1.54, 1.807) is 103 Å². The number of hydrogen-bond donors (Lipinski definition) is 4. The maximum atomic E-state index is 14.6. The van der Waals surface area contributed by atoms with Gasteiger partial charge in [0.1, 0.15) is 79.8 Å². The van der Waals surface area contributed by atoms with Gasteiger partial charge in [0.25, 0.3) is 0 Å². The van der Waals surface area contributed by atoms with E-state index in [-0.39, 0.29) is 116 Å². The first kappa shape index (κ1) is 106.